The second-order valence-electron chi connectivity index (χ2n) is 4.30. The number of rotatable bonds is 4. The predicted octanol–water partition coefficient (Wildman–Crippen LogP) is 1.39. The number of aliphatic hydroxyl groups excluding tert-OH is 1. The number of nitrogens with zero attached hydrogens (tertiary/aromatic N) is 3. The van der Waals surface area contributed by atoms with E-state index < -0.39 is 0 Å². The van der Waals surface area contributed by atoms with Gasteiger partial charge in [-0.15, -0.1) is 5.10 Å². The van der Waals surface area contributed by atoms with E-state index in [0.29, 0.717) is 0 Å². The molecule has 1 aliphatic rings. The lowest BCUT2D eigenvalue weighted by molar-refractivity contribution is 0.266. The highest BCUT2D eigenvalue weighted by molar-refractivity contribution is 5.40. The molecule has 1 aliphatic heterocycles. The highest BCUT2D eigenvalue weighted by atomic mass is 16.3. The van der Waals surface area contributed by atoms with Crippen LogP contribution in [-0.2, 0) is 6.42 Å². The lowest BCUT2D eigenvalue weighted by Crippen LogP contribution is -2.32. The molecule has 2 rings (SSSR count). The lowest BCUT2D eigenvalue weighted by Gasteiger charge is -2.23. The van der Waals surface area contributed by atoms with E-state index >= 15 is 0 Å². The van der Waals surface area contributed by atoms with Gasteiger partial charge in [0.25, 0.3) is 0 Å². The summed E-state index contributed by atoms with van der Waals surface area (Å²) in [5, 5.41) is 17.7. The molecular formula is C12H19N3O. The molecule has 1 unspecified atom stereocenters. The van der Waals surface area contributed by atoms with E-state index in [4.69, 9.17) is 0 Å². The third kappa shape index (κ3) is 2.32. The van der Waals surface area contributed by atoms with Crippen molar-refractivity contribution in [2.24, 2.45) is 0 Å². The maximum Gasteiger partial charge on any atom is 0.151 e. The zero-order chi connectivity index (χ0) is 11.4. The van der Waals surface area contributed by atoms with Gasteiger partial charge in [0.05, 0.1) is 18.3 Å². The highest BCUT2D eigenvalue weighted by Gasteiger charge is 2.24. The molecule has 1 saturated heterocycles. The van der Waals surface area contributed by atoms with Gasteiger partial charge in [-0.25, -0.2) is 0 Å². The van der Waals surface area contributed by atoms with Gasteiger partial charge in [0, 0.05) is 6.54 Å². The van der Waals surface area contributed by atoms with Gasteiger partial charge in [-0.2, -0.15) is 5.10 Å². The van der Waals surface area contributed by atoms with Crippen LogP contribution in [0, 0.1) is 0 Å². The van der Waals surface area contributed by atoms with E-state index in [0.717, 1.165) is 43.7 Å². The molecule has 0 aliphatic carbocycles. The van der Waals surface area contributed by atoms with Crippen molar-refractivity contribution < 1.29 is 5.11 Å². The second-order valence-corrected chi connectivity index (χ2v) is 4.30. The molecule has 0 radical (unpaired) electrons. The van der Waals surface area contributed by atoms with Crippen LogP contribution < -0.4 is 4.90 Å². The van der Waals surface area contributed by atoms with Crippen molar-refractivity contribution >= 4 is 5.82 Å². The fourth-order valence-electron chi connectivity index (χ4n) is 2.22. The first-order valence-corrected chi connectivity index (χ1v) is 6.05. The zero-order valence-electron chi connectivity index (χ0n) is 9.76. The summed E-state index contributed by atoms with van der Waals surface area (Å²) in [6.45, 7) is 3.32. The average Bonchev–Trinajstić information content (AvgIpc) is 2.78. The Balaban J connectivity index is 2.08. The Morgan fingerprint density at radius 2 is 2.31 bits per heavy atom. The maximum atomic E-state index is 9.25. The Morgan fingerprint density at radius 1 is 1.44 bits per heavy atom. The minimum absolute atomic E-state index is 0.207. The first-order chi connectivity index (χ1) is 7.85. The molecule has 4 heteroatoms. The summed E-state index contributed by atoms with van der Waals surface area (Å²) < 4.78 is 0. The van der Waals surface area contributed by atoms with Crippen LogP contribution in [0.5, 0.6) is 0 Å². The average molecular weight is 221 g/mol. The molecule has 0 aromatic carbocycles. The van der Waals surface area contributed by atoms with Crippen molar-refractivity contribution in [1.82, 2.24) is 10.2 Å². The van der Waals surface area contributed by atoms with Crippen LogP contribution in [0.2, 0.25) is 0 Å². The van der Waals surface area contributed by atoms with Gasteiger partial charge in [0.2, 0.25) is 0 Å². The minimum atomic E-state index is 0.207. The van der Waals surface area contributed by atoms with Crippen LogP contribution in [0.4, 0.5) is 5.82 Å². The number of aliphatic hydroxyl groups is 1. The van der Waals surface area contributed by atoms with Crippen molar-refractivity contribution in [1.29, 1.82) is 0 Å². The van der Waals surface area contributed by atoms with E-state index in [1.54, 1.807) is 0 Å². The van der Waals surface area contributed by atoms with Crippen molar-refractivity contribution in [3.05, 3.63) is 17.8 Å². The SMILES string of the molecule is CCCc1ccc(N2CCCC2CO)nn1. The van der Waals surface area contributed by atoms with Crippen molar-refractivity contribution in [3.63, 3.8) is 0 Å². The smallest absolute Gasteiger partial charge is 0.151 e. The first-order valence-electron chi connectivity index (χ1n) is 6.05. The van der Waals surface area contributed by atoms with E-state index in [2.05, 4.69) is 22.0 Å². The standard InChI is InChI=1S/C12H19N3O/c1-2-4-10-6-7-12(14-13-10)15-8-3-5-11(15)9-16/h6-7,11,16H,2-5,8-9H2,1H3. The molecule has 1 aromatic heterocycles. The van der Waals surface area contributed by atoms with Crippen molar-refractivity contribution in [2.45, 2.75) is 38.6 Å². The van der Waals surface area contributed by atoms with Crippen LogP contribution in [0.25, 0.3) is 0 Å². The Hall–Kier alpha value is -1.16. The Bertz CT molecular complexity index is 326. The number of hydrogen-bond donors (Lipinski definition) is 1. The lowest BCUT2D eigenvalue weighted by atomic mass is 10.2. The number of aromatic nitrogens is 2. The molecular weight excluding hydrogens is 202 g/mol. The molecule has 0 bridgehead atoms. The minimum Gasteiger partial charge on any atom is -0.394 e. The van der Waals surface area contributed by atoms with Crippen LogP contribution in [0.15, 0.2) is 12.1 Å². The summed E-state index contributed by atoms with van der Waals surface area (Å²) in [4.78, 5) is 2.16. The largest absolute Gasteiger partial charge is 0.394 e. The summed E-state index contributed by atoms with van der Waals surface area (Å²) in [5.74, 6) is 0.899. The van der Waals surface area contributed by atoms with Gasteiger partial charge in [-0.05, 0) is 31.4 Å². The zero-order valence-corrected chi connectivity index (χ0v) is 9.76. The van der Waals surface area contributed by atoms with Crippen molar-refractivity contribution in [2.75, 3.05) is 18.1 Å². The van der Waals surface area contributed by atoms with E-state index in [9.17, 15) is 5.11 Å². The summed E-state index contributed by atoms with van der Waals surface area (Å²) in [7, 11) is 0. The quantitative estimate of drug-likeness (QED) is 0.834. The third-order valence-electron chi connectivity index (χ3n) is 3.09. The summed E-state index contributed by atoms with van der Waals surface area (Å²) in [6, 6.07) is 4.29. The highest BCUT2D eigenvalue weighted by Crippen LogP contribution is 2.22. The molecule has 2 heterocycles. The first kappa shape index (κ1) is 11.3. The fraction of sp³-hybridized carbons (Fsp3) is 0.667. The van der Waals surface area contributed by atoms with Gasteiger partial charge in [-0.1, -0.05) is 13.3 Å². The normalized spacial score (nSPS) is 20.4. The number of anilines is 1. The molecule has 0 saturated carbocycles. The van der Waals surface area contributed by atoms with Crippen molar-refractivity contribution in [3.8, 4) is 0 Å². The number of aryl methyl sites for hydroxylation is 1. The van der Waals surface area contributed by atoms with Gasteiger partial charge < -0.3 is 10.0 Å². The number of hydrogen-bond acceptors (Lipinski definition) is 4. The molecule has 16 heavy (non-hydrogen) atoms. The summed E-state index contributed by atoms with van der Waals surface area (Å²) in [6.07, 6.45) is 4.26. The van der Waals surface area contributed by atoms with Gasteiger partial charge in [-0.3, -0.25) is 0 Å². The van der Waals surface area contributed by atoms with Crippen LogP contribution in [-0.4, -0.2) is 34.5 Å². The summed E-state index contributed by atoms with van der Waals surface area (Å²) >= 11 is 0. The molecule has 1 N–H and O–H groups in total. The summed E-state index contributed by atoms with van der Waals surface area (Å²) in [5.41, 5.74) is 1.05. The Kier molecular flexibility index (Phi) is 3.72. The van der Waals surface area contributed by atoms with Crippen LogP contribution >= 0.6 is 0 Å². The molecule has 0 amide bonds. The molecule has 1 fully saturated rings. The molecule has 1 atom stereocenters. The van der Waals surface area contributed by atoms with E-state index in [1.165, 1.54) is 0 Å². The monoisotopic (exact) mass is 221 g/mol. The molecule has 0 spiro atoms. The van der Waals surface area contributed by atoms with Crippen LogP contribution in [0.1, 0.15) is 31.9 Å². The molecule has 4 nitrogen and oxygen atoms in total. The van der Waals surface area contributed by atoms with Gasteiger partial charge in [0.1, 0.15) is 0 Å². The maximum absolute atomic E-state index is 9.25. The Morgan fingerprint density at radius 3 is 2.94 bits per heavy atom. The molecule has 88 valence electrons. The third-order valence-corrected chi connectivity index (χ3v) is 3.09. The fourth-order valence-corrected chi connectivity index (χ4v) is 2.22. The predicted molar refractivity (Wildman–Crippen MR) is 63.5 cm³/mol. The molecule has 1 aromatic rings. The Labute approximate surface area is 96.3 Å². The van der Waals surface area contributed by atoms with Gasteiger partial charge in [0.15, 0.2) is 5.82 Å². The van der Waals surface area contributed by atoms with Gasteiger partial charge >= 0.3 is 0 Å². The van der Waals surface area contributed by atoms with E-state index in [1.807, 2.05) is 12.1 Å². The second kappa shape index (κ2) is 5.25. The van der Waals surface area contributed by atoms with E-state index in [-0.39, 0.29) is 12.6 Å². The topological polar surface area (TPSA) is 49.2 Å². The van der Waals surface area contributed by atoms with Crippen LogP contribution in [0.3, 0.4) is 0 Å².